The summed E-state index contributed by atoms with van der Waals surface area (Å²) in [5, 5.41) is 8.90. The Hall–Kier alpha value is -3.25. The lowest BCUT2D eigenvalue weighted by molar-refractivity contribution is -0.113. The number of benzene rings is 2. The summed E-state index contributed by atoms with van der Waals surface area (Å²) in [5.41, 5.74) is 3.53. The summed E-state index contributed by atoms with van der Waals surface area (Å²) >= 11 is 5.95. The van der Waals surface area contributed by atoms with E-state index >= 15 is 0 Å². The van der Waals surface area contributed by atoms with Crippen molar-refractivity contribution in [3.8, 4) is 5.75 Å². The molecule has 0 unspecified atom stereocenters. The number of ether oxygens (including phenoxy) is 1. The Labute approximate surface area is 166 Å². The molecule has 1 aliphatic heterocycles. The molecule has 140 valence electrons. The molecule has 28 heavy (non-hydrogen) atoms. The number of halogens is 1. The fourth-order valence-electron chi connectivity index (χ4n) is 3.38. The number of nitrogens with zero attached hydrogens (tertiary/aromatic N) is 3. The van der Waals surface area contributed by atoms with E-state index in [1.165, 1.54) is 6.08 Å². The third-order valence-corrected chi connectivity index (χ3v) is 5.01. The molecule has 2 heterocycles. The quantitative estimate of drug-likeness (QED) is 0.643. The molecular formula is C21H16ClN3O3. The monoisotopic (exact) mass is 393 g/mol. The zero-order valence-electron chi connectivity index (χ0n) is 15.3. The van der Waals surface area contributed by atoms with Crippen LogP contribution in [0.3, 0.4) is 0 Å². The van der Waals surface area contributed by atoms with Gasteiger partial charge in [-0.05, 0) is 55.0 Å². The van der Waals surface area contributed by atoms with E-state index in [1.807, 2.05) is 25.1 Å². The maximum absolute atomic E-state index is 13.2. The smallest absolute Gasteiger partial charge is 0.290 e. The van der Waals surface area contributed by atoms with Gasteiger partial charge in [-0.25, -0.2) is 0 Å². The molecule has 2 aromatic carbocycles. The van der Waals surface area contributed by atoms with Crippen molar-refractivity contribution in [2.24, 2.45) is 10.2 Å². The molecule has 1 amide bonds. The van der Waals surface area contributed by atoms with Crippen LogP contribution >= 0.6 is 11.6 Å². The minimum absolute atomic E-state index is 0.159. The molecular weight excluding hydrogens is 378 g/mol. The second-order valence-corrected chi connectivity index (χ2v) is 6.88. The third-order valence-electron chi connectivity index (χ3n) is 4.76. The number of hydrogen-bond acceptors (Lipinski definition) is 4. The number of carbonyl (C=O) groups excluding carboxylic acids is 2. The zero-order valence-corrected chi connectivity index (χ0v) is 16.0. The number of rotatable bonds is 4. The fraction of sp³-hybridized carbons (Fsp3) is 0.143. The van der Waals surface area contributed by atoms with Gasteiger partial charge in [-0.2, -0.15) is 5.11 Å². The Morgan fingerprint density at radius 2 is 1.89 bits per heavy atom. The summed E-state index contributed by atoms with van der Waals surface area (Å²) in [7, 11) is 1.59. The molecule has 0 aliphatic carbocycles. The molecule has 0 spiro atoms. The van der Waals surface area contributed by atoms with Crippen molar-refractivity contribution >= 4 is 34.3 Å². The molecule has 0 atom stereocenters. The van der Waals surface area contributed by atoms with Crippen LogP contribution in [0.25, 0.3) is 10.9 Å². The summed E-state index contributed by atoms with van der Waals surface area (Å²) in [6.07, 6.45) is 1.80. The second-order valence-electron chi connectivity index (χ2n) is 6.45. The first-order valence-corrected chi connectivity index (χ1v) is 9.00. The normalized spacial score (nSPS) is 13.2. The Bertz CT molecular complexity index is 1170. The van der Waals surface area contributed by atoms with E-state index in [-0.39, 0.29) is 11.8 Å². The van der Waals surface area contributed by atoms with Gasteiger partial charge in [-0.1, -0.05) is 11.6 Å². The first kappa shape index (κ1) is 18.1. The first-order chi connectivity index (χ1) is 13.5. The highest BCUT2D eigenvalue weighted by molar-refractivity contribution is 6.30. The van der Waals surface area contributed by atoms with Crippen LogP contribution in [0.4, 0.5) is 0 Å². The van der Waals surface area contributed by atoms with Crippen LogP contribution in [-0.4, -0.2) is 23.5 Å². The molecule has 0 saturated carbocycles. The van der Waals surface area contributed by atoms with Crippen LogP contribution in [0.1, 0.15) is 21.6 Å². The summed E-state index contributed by atoms with van der Waals surface area (Å²) in [5.74, 6) is 0.155. The number of carbonyl (C=O) groups is 2. The number of azo groups is 1. The summed E-state index contributed by atoms with van der Waals surface area (Å²) in [4.78, 5) is 24.6. The van der Waals surface area contributed by atoms with Crippen molar-refractivity contribution in [3.05, 3.63) is 76.1 Å². The van der Waals surface area contributed by atoms with E-state index in [1.54, 1.807) is 35.9 Å². The number of fused-ring (bicyclic) bond motifs is 1. The molecule has 0 fully saturated rings. The molecule has 0 bridgehead atoms. The number of allylic oxidation sites excluding steroid dienone is 1. The van der Waals surface area contributed by atoms with Gasteiger partial charge in [-0.15, -0.1) is 5.11 Å². The first-order valence-electron chi connectivity index (χ1n) is 8.62. The number of aromatic nitrogens is 1. The molecule has 1 aliphatic rings. The van der Waals surface area contributed by atoms with E-state index in [2.05, 4.69) is 10.2 Å². The Balaban J connectivity index is 1.89. The molecule has 1 aromatic heterocycles. The predicted molar refractivity (Wildman–Crippen MR) is 106 cm³/mol. The van der Waals surface area contributed by atoms with Crippen molar-refractivity contribution in [1.82, 2.24) is 4.57 Å². The number of hydrogen-bond donors (Lipinski definition) is 0. The van der Waals surface area contributed by atoms with Crippen LogP contribution in [-0.2, 0) is 11.2 Å². The lowest BCUT2D eigenvalue weighted by Gasteiger charge is -2.08. The molecule has 6 nitrogen and oxygen atoms in total. The number of amides is 1. The Morgan fingerprint density at radius 1 is 1.14 bits per heavy atom. The van der Waals surface area contributed by atoms with Gasteiger partial charge < -0.3 is 4.74 Å². The minimum Gasteiger partial charge on any atom is -0.497 e. The average Bonchev–Trinajstić information content (AvgIpc) is 3.22. The zero-order chi connectivity index (χ0) is 19.8. The largest absolute Gasteiger partial charge is 0.497 e. The number of methoxy groups -OCH3 is 1. The van der Waals surface area contributed by atoms with Crippen LogP contribution in [0.15, 0.2) is 64.5 Å². The highest BCUT2D eigenvalue weighted by Gasteiger charge is 2.22. The lowest BCUT2D eigenvalue weighted by atomic mass is 10.1. The summed E-state index contributed by atoms with van der Waals surface area (Å²) in [6.45, 7) is 1.88. The Kier molecular flexibility index (Phi) is 4.57. The van der Waals surface area contributed by atoms with Gasteiger partial charge in [-0.3, -0.25) is 14.2 Å². The highest BCUT2D eigenvalue weighted by Crippen LogP contribution is 2.32. The highest BCUT2D eigenvalue weighted by atomic mass is 35.5. The van der Waals surface area contributed by atoms with Gasteiger partial charge >= 0.3 is 0 Å². The van der Waals surface area contributed by atoms with E-state index in [9.17, 15) is 9.59 Å². The third kappa shape index (κ3) is 3.12. The van der Waals surface area contributed by atoms with Gasteiger partial charge in [0.1, 0.15) is 5.75 Å². The van der Waals surface area contributed by atoms with Gasteiger partial charge in [0.05, 0.1) is 18.3 Å². The van der Waals surface area contributed by atoms with Crippen LogP contribution in [0.2, 0.25) is 5.02 Å². The summed E-state index contributed by atoms with van der Waals surface area (Å²) in [6, 6.07) is 12.3. The molecule has 0 radical (unpaired) electrons. The van der Waals surface area contributed by atoms with Crippen molar-refractivity contribution in [2.75, 3.05) is 7.11 Å². The SMILES string of the molecule is COc1ccc2c(c1)c(CC1=CC(=O)N=N1)c(C)n2C(=O)c1ccc(Cl)cc1. The van der Waals surface area contributed by atoms with Gasteiger partial charge in [0.25, 0.3) is 11.8 Å². The molecule has 4 rings (SSSR count). The van der Waals surface area contributed by atoms with Gasteiger partial charge in [0.15, 0.2) is 0 Å². The lowest BCUT2D eigenvalue weighted by Crippen LogP contribution is -2.13. The van der Waals surface area contributed by atoms with E-state index in [0.29, 0.717) is 28.5 Å². The van der Waals surface area contributed by atoms with Gasteiger partial charge in [0, 0.05) is 34.2 Å². The van der Waals surface area contributed by atoms with Gasteiger partial charge in [0.2, 0.25) is 0 Å². The molecule has 7 heteroatoms. The average molecular weight is 394 g/mol. The van der Waals surface area contributed by atoms with E-state index < -0.39 is 0 Å². The second kappa shape index (κ2) is 7.05. The van der Waals surface area contributed by atoms with Crippen LogP contribution < -0.4 is 4.74 Å². The van der Waals surface area contributed by atoms with Crippen molar-refractivity contribution in [3.63, 3.8) is 0 Å². The summed E-state index contributed by atoms with van der Waals surface area (Å²) < 4.78 is 7.02. The molecule has 3 aromatic rings. The topological polar surface area (TPSA) is 73.0 Å². The molecule has 0 saturated heterocycles. The molecule has 0 N–H and O–H groups in total. The minimum atomic E-state index is -0.369. The maximum Gasteiger partial charge on any atom is 0.290 e. The van der Waals surface area contributed by atoms with Crippen LogP contribution in [0.5, 0.6) is 5.75 Å². The van der Waals surface area contributed by atoms with Crippen LogP contribution in [0, 0.1) is 6.92 Å². The fourth-order valence-corrected chi connectivity index (χ4v) is 3.50. The predicted octanol–water partition coefficient (Wildman–Crippen LogP) is 4.72. The Morgan fingerprint density at radius 3 is 2.54 bits per heavy atom. The van der Waals surface area contributed by atoms with Crippen molar-refractivity contribution in [2.45, 2.75) is 13.3 Å². The van der Waals surface area contributed by atoms with Crippen molar-refractivity contribution < 1.29 is 14.3 Å². The van der Waals surface area contributed by atoms with E-state index in [4.69, 9.17) is 16.3 Å². The van der Waals surface area contributed by atoms with Crippen molar-refractivity contribution in [1.29, 1.82) is 0 Å². The standard InChI is InChI=1S/C21H16ClN3O3/c1-12-17(9-15-10-20(26)24-23-15)18-11-16(28-2)7-8-19(18)25(12)21(27)13-3-5-14(22)6-4-13/h3-8,10-11H,9H2,1-2H3. The van der Waals surface area contributed by atoms with E-state index in [0.717, 1.165) is 22.2 Å². The maximum atomic E-state index is 13.2.